The molecule has 2 aromatic heterocycles. The zero-order valence-corrected chi connectivity index (χ0v) is 8.76. The summed E-state index contributed by atoms with van der Waals surface area (Å²) in [5, 5.41) is 4.06. The minimum atomic E-state index is 0. The average molecular weight is 178 g/mol. The summed E-state index contributed by atoms with van der Waals surface area (Å²) in [5.41, 5.74) is 0. The Morgan fingerprint density at radius 3 is 1.50 bits per heavy atom. The zero-order chi connectivity index (χ0) is 6.81. The van der Waals surface area contributed by atoms with Crippen LogP contribution in [0, 0.1) is 12.1 Å². The number of hydrogen-bond acceptors (Lipinski definition) is 2. The summed E-state index contributed by atoms with van der Waals surface area (Å²) < 4.78 is 0. The van der Waals surface area contributed by atoms with Crippen molar-refractivity contribution in [1.82, 2.24) is 0 Å². The number of hydrogen-bond donors (Lipinski definition) is 0. The van der Waals surface area contributed by atoms with Crippen molar-refractivity contribution in [3.63, 3.8) is 0 Å². The van der Waals surface area contributed by atoms with Crippen LogP contribution < -0.4 is 37.7 Å². The molecule has 0 aliphatic heterocycles. The summed E-state index contributed by atoms with van der Waals surface area (Å²) in [7, 11) is 0. The number of thiophene rings is 2. The van der Waals surface area contributed by atoms with Crippen molar-refractivity contribution in [3.05, 3.63) is 35.0 Å². The molecule has 12 heavy (non-hydrogen) atoms. The van der Waals surface area contributed by atoms with E-state index in [0.717, 1.165) is 0 Å². The van der Waals surface area contributed by atoms with E-state index in [4.69, 9.17) is 0 Å². The predicted octanol–water partition coefficient (Wildman–Crippen LogP) is -2.92. The molecule has 0 saturated heterocycles. The van der Waals surface area contributed by atoms with E-state index < -0.39 is 0 Å². The van der Waals surface area contributed by atoms with Crippen LogP contribution in [0.4, 0.5) is 0 Å². The molecule has 0 aliphatic carbocycles. The fourth-order valence-electron chi connectivity index (χ4n) is 0.730. The van der Waals surface area contributed by atoms with E-state index in [1.165, 1.54) is 9.75 Å². The molecule has 0 amide bonds. The Labute approximate surface area is 104 Å². The van der Waals surface area contributed by atoms with Crippen LogP contribution in [-0.4, -0.2) is 0 Å². The molecule has 0 spiro atoms. The molecule has 2 rings (SSSR count). The van der Waals surface area contributed by atoms with Crippen LogP contribution in [0.5, 0.6) is 0 Å². The van der Waals surface area contributed by atoms with Gasteiger partial charge in [0.15, 0.2) is 0 Å². The summed E-state index contributed by atoms with van der Waals surface area (Å²) in [4.78, 5) is 2.38. The summed E-state index contributed by atoms with van der Waals surface area (Å²) in [6.07, 6.45) is 0. The number of rotatable bonds is 1. The summed E-state index contributed by atoms with van der Waals surface area (Å²) >= 11 is 3.41. The van der Waals surface area contributed by atoms with Crippen LogP contribution in [0.15, 0.2) is 22.9 Å². The largest absolute Gasteiger partial charge is 1.00 e. The van der Waals surface area contributed by atoms with Crippen molar-refractivity contribution < 1.29 is 37.7 Å². The molecule has 0 N–H and O–H groups in total. The fourth-order valence-corrected chi connectivity index (χ4v) is 2.17. The summed E-state index contributed by atoms with van der Waals surface area (Å²) in [6.45, 7) is 0. The molecule has 0 saturated carbocycles. The first-order chi connectivity index (χ1) is 4.97. The molecular weight excluding hydrogens is 174 g/mol. The first-order valence-electron chi connectivity index (χ1n) is 2.87. The first kappa shape index (κ1) is 12.6. The molecule has 0 aliphatic rings. The van der Waals surface area contributed by atoms with Crippen molar-refractivity contribution in [2.24, 2.45) is 0 Å². The van der Waals surface area contributed by atoms with E-state index in [2.05, 4.69) is 12.1 Å². The zero-order valence-electron chi connectivity index (χ0n) is 7.13. The molecule has 2 aromatic rings. The van der Waals surface area contributed by atoms with Crippen LogP contribution in [-0.2, 0) is 0 Å². The van der Waals surface area contributed by atoms with E-state index in [1.54, 1.807) is 22.7 Å². The van der Waals surface area contributed by atoms with Crippen molar-refractivity contribution in [3.8, 4) is 9.75 Å². The predicted molar refractivity (Wildman–Crippen MR) is 45.3 cm³/mol. The van der Waals surface area contributed by atoms with Gasteiger partial charge in [-0.15, -0.1) is 10.8 Å². The minimum Gasteiger partial charge on any atom is -0.305 e. The minimum absolute atomic E-state index is 0. The van der Waals surface area contributed by atoms with Gasteiger partial charge in [0.2, 0.25) is 0 Å². The van der Waals surface area contributed by atoms with Crippen molar-refractivity contribution in [2.45, 2.75) is 0 Å². The topological polar surface area (TPSA) is 0 Å². The molecular formula is C8H4Li2S2. The molecule has 0 fully saturated rings. The summed E-state index contributed by atoms with van der Waals surface area (Å²) in [5.74, 6) is 0. The Morgan fingerprint density at radius 2 is 1.25 bits per heavy atom. The monoisotopic (exact) mass is 178 g/mol. The Balaban J connectivity index is 0.000000605. The molecule has 0 unspecified atom stereocenters. The molecule has 0 radical (unpaired) electrons. The second-order valence-corrected chi connectivity index (χ2v) is 3.62. The van der Waals surface area contributed by atoms with Gasteiger partial charge in [-0.05, 0) is 0 Å². The SMILES string of the molecule is [Li+].[Li+].[c-]1ccsc1-c1[c-]ccs1. The van der Waals surface area contributed by atoms with E-state index in [1.807, 2.05) is 22.9 Å². The maximum atomic E-state index is 3.14. The van der Waals surface area contributed by atoms with Crippen molar-refractivity contribution >= 4 is 22.7 Å². The fraction of sp³-hybridized carbons (Fsp3) is 0. The molecule has 4 heteroatoms. The average Bonchev–Trinajstić information content (AvgIpc) is 2.59. The molecule has 0 aromatic carbocycles. The maximum Gasteiger partial charge on any atom is 1.00 e. The van der Waals surface area contributed by atoms with Crippen LogP contribution in [0.3, 0.4) is 0 Å². The third-order valence-electron chi connectivity index (χ3n) is 1.14. The van der Waals surface area contributed by atoms with Gasteiger partial charge in [-0.1, -0.05) is 0 Å². The Kier molecular flexibility index (Phi) is 6.41. The van der Waals surface area contributed by atoms with Crippen LogP contribution in [0.25, 0.3) is 9.75 Å². The van der Waals surface area contributed by atoms with Gasteiger partial charge in [0, 0.05) is 0 Å². The van der Waals surface area contributed by atoms with E-state index in [0.29, 0.717) is 0 Å². The second-order valence-electron chi connectivity index (χ2n) is 1.79. The van der Waals surface area contributed by atoms with E-state index in [-0.39, 0.29) is 37.7 Å². The Bertz CT molecular complexity index is 254. The molecule has 0 atom stereocenters. The van der Waals surface area contributed by atoms with Crippen LogP contribution in [0.2, 0.25) is 0 Å². The van der Waals surface area contributed by atoms with Crippen molar-refractivity contribution in [2.75, 3.05) is 0 Å². The van der Waals surface area contributed by atoms with Crippen LogP contribution in [0.1, 0.15) is 0 Å². The third-order valence-corrected chi connectivity index (χ3v) is 2.93. The van der Waals surface area contributed by atoms with Crippen LogP contribution >= 0.6 is 22.7 Å². The standard InChI is InChI=1S/C8H4S2.2Li/c1-3-7(9-5-1)8-4-2-6-10-8;;/h1-2,5-6H;;/q-2;2*+1. The normalized spacial score (nSPS) is 8.33. The first-order valence-corrected chi connectivity index (χ1v) is 4.63. The Hall–Kier alpha value is 0.595. The smallest absolute Gasteiger partial charge is 0.305 e. The molecule has 2 heterocycles. The maximum absolute atomic E-state index is 3.14. The molecule has 0 bridgehead atoms. The van der Waals surface area contributed by atoms with Gasteiger partial charge in [0.1, 0.15) is 0 Å². The second kappa shape index (κ2) is 6.11. The van der Waals surface area contributed by atoms with Gasteiger partial charge in [-0.3, -0.25) is 0 Å². The van der Waals surface area contributed by atoms with E-state index in [9.17, 15) is 0 Å². The molecule has 0 nitrogen and oxygen atoms in total. The quantitative estimate of drug-likeness (QED) is 0.324. The van der Waals surface area contributed by atoms with Gasteiger partial charge in [-0.2, -0.15) is 21.9 Å². The molecule has 50 valence electrons. The van der Waals surface area contributed by atoms with Gasteiger partial charge in [0.25, 0.3) is 0 Å². The van der Waals surface area contributed by atoms with Gasteiger partial charge >= 0.3 is 37.7 Å². The van der Waals surface area contributed by atoms with Gasteiger partial charge in [-0.25, -0.2) is 12.1 Å². The van der Waals surface area contributed by atoms with Gasteiger partial charge in [0.05, 0.1) is 0 Å². The summed E-state index contributed by atoms with van der Waals surface area (Å²) in [6, 6.07) is 10.2. The third kappa shape index (κ3) is 2.82. The van der Waals surface area contributed by atoms with Crippen molar-refractivity contribution in [1.29, 1.82) is 0 Å². The van der Waals surface area contributed by atoms with E-state index >= 15 is 0 Å². The van der Waals surface area contributed by atoms with Gasteiger partial charge < -0.3 is 22.7 Å². The Morgan fingerprint density at radius 1 is 0.833 bits per heavy atom.